The van der Waals surface area contributed by atoms with E-state index in [1.807, 2.05) is 0 Å². The van der Waals surface area contributed by atoms with Gasteiger partial charge in [0.2, 0.25) is 0 Å². The molecule has 0 heterocycles. The van der Waals surface area contributed by atoms with Crippen LogP contribution in [0, 0.1) is 0 Å². The third-order valence-electron chi connectivity index (χ3n) is 2.05. The first-order valence-corrected chi connectivity index (χ1v) is 5.69. The van der Waals surface area contributed by atoms with Crippen molar-refractivity contribution >= 4 is 30.2 Å². The number of esters is 4. The lowest BCUT2D eigenvalue weighted by Crippen LogP contribution is -2.48. The van der Waals surface area contributed by atoms with Gasteiger partial charge in [-0.25, -0.2) is 0 Å². The van der Waals surface area contributed by atoms with Gasteiger partial charge in [0, 0.05) is 33.1 Å². The van der Waals surface area contributed by atoms with Crippen molar-refractivity contribution in [3.8, 4) is 0 Å². The topological polar surface area (TPSA) is 122 Å². The Labute approximate surface area is 132 Å². The minimum absolute atomic E-state index is 0.0449. The number of carbonyl (C=O) groups excluding carboxylic acids is 5. The zero-order valence-corrected chi connectivity index (χ0v) is 11.5. The molecule has 0 aliphatic heterocycles. The van der Waals surface area contributed by atoms with Gasteiger partial charge in [-0.05, 0) is 0 Å². The summed E-state index contributed by atoms with van der Waals surface area (Å²) in [6.45, 7) is -4.10. The van der Waals surface area contributed by atoms with Crippen LogP contribution in [-0.4, -0.2) is 55.1 Å². The molecule has 0 radical (unpaired) electrons. The van der Waals surface area contributed by atoms with Gasteiger partial charge < -0.3 is 18.9 Å². The maximum Gasteiger partial charge on any atom is 0.303 e. The van der Waals surface area contributed by atoms with Crippen molar-refractivity contribution in [3.05, 3.63) is 0 Å². The van der Waals surface area contributed by atoms with Crippen molar-refractivity contribution in [2.45, 2.75) is 45.9 Å². The summed E-state index contributed by atoms with van der Waals surface area (Å²) in [5.41, 5.74) is 0. The Morgan fingerprint density at radius 1 is 0.909 bits per heavy atom. The van der Waals surface area contributed by atoms with E-state index in [0.717, 1.165) is 0 Å². The molecule has 0 unspecified atom stereocenters. The van der Waals surface area contributed by atoms with E-state index in [-0.39, 0.29) is 6.29 Å². The highest BCUT2D eigenvalue weighted by molar-refractivity contribution is 5.72. The molecule has 0 aliphatic rings. The Morgan fingerprint density at radius 2 is 1.45 bits per heavy atom. The van der Waals surface area contributed by atoms with E-state index in [9.17, 15) is 24.0 Å². The van der Waals surface area contributed by atoms with Crippen molar-refractivity contribution in [3.63, 3.8) is 0 Å². The summed E-state index contributed by atoms with van der Waals surface area (Å²) in [6.07, 6.45) is -5.20. The van der Waals surface area contributed by atoms with Crippen LogP contribution < -0.4 is 0 Å². The number of hydrogen-bond donors (Lipinski definition) is 0. The van der Waals surface area contributed by atoms with Crippen molar-refractivity contribution in [2.75, 3.05) is 6.61 Å². The standard InChI is InChI=1S/C13H18O9/c1-7(15)19-6-12(21-9(3)17)13(22-10(4)18)11(5-14)20-8(2)16/h5,11-13H,6H2,1-4H3/t11-,12-,13-/m1/s1/i1D,2D,3D,4D. The molecule has 0 amide bonds. The molecule has 22 heavy (non-hydrogen) atoms. The zero-order valence-electron chi connectivity index (χ0n) is 15.5. The highest BCUT2D eigenvalue weighted by Gasteiger charge is 2.37. The molecular weight excluding hydrogens is 300 g/mol. The van der Waals surface area contributed by atoms with Crippen LogP contribution in [0.5, 0.6) is 0 Å². The molecule has 0 aromatic heterocycles. The van der Waals surface area contributed by atoms with Crippen LogP contribution in [0.3, 0.4) is 0 Å². The van der Waals surface area contributed by atoms with Crippen molar-refractivity contribution in [1.82, 2.24) is 0 Å². The monoisotopic (exact) mass is 322 g/mol. The molecule has 0 fully saturated rings. The Morgan fingerprint density at radius 3 is 2.00 bits per heavy atom. The van der Waals surface area contributed by atoms with Gasteiger partial charge in [0.15, 0.2) is 24.6 Å². The lowest BCUT2D eigenvalue weighted by molar-refractivity contribution is -0.188. The van der Waals surface area contributed by atoms with Crippen molar-refractivity contribution in [2.24, 2.45) is 0 Å². The predicted octanol–water partition coefficient (Wildman–Crippen LogP) is -0.457. The summed E-state index contributed by atoms with van der Waals surface area (Å²) in [6, 6.07) is 0. The van der Waals surface area contributed by atoms with Gasteiger partial charge in [0.25, 0.3) is 0 Å². The van der Waals surface area contributed by atoms with Crippen molar-refractivity contribution < 1.29 is 48.4 Å². The van der Waals surface area contributed by atoms with Crippen LogP contribution in [0.2, 0.25) is 0 Å². The maximum absolute atomic E-state index is 11.4. The van der Waals surface area contributed by atoms with E-state index in [2.05, 4.69) is 9.47 Å². The summed E-state index contributed by atoms with van der Waals surface area (Å²) >= 11 is 0. The Balaban J connectivity index is 5.58. The van der Waals surface area contributed by atoms with Gasteiger partial charge in [-0.15, -0.1) is 0 Å². The summed E-state index contributed by atoms with van der Waals surface area (Å²) < 4.78 is 46.5. The molecule has 0 rings (SSSR count). The zero-order chi connectivity index (χ0) is 20.1. The molecule has 0 spiro atoms. The van der Waals surface area contributed by atoms with Gasteiger partial charge >= 0.3 is 23.9 Å². The van der Waals surface area contributed by atoms with Gasteiger partial charge in [-0.2, -0.15) is 0 Å². The highest BCUT2D eigenvalue weighted by Crippen LogP contribution is 2.13. The molecule has 9 heteroatoms. The summed E-state index contributed by atoms with van der Waals surface area (Å²) in [5.74, 6) is -4.46. The third-order valence-corrected chi connectivity index (χ3v) is 2.05. The fourth-order valence-corrected chi connectivity index (χ4v) is 1.37. The molecule has 0 saturated carbocycles. The minimum Gasteiger partial charge on any atom is -0.462 e. The normalized spacial score (nSPS) is 16.4. The Hall–Kier alpha value is -2.45. The molecule has 3 atom stereocenters. The van der Waals surface area contributed by atoms with E-state index in [1.54, 1.807) is 0 Å². The number of rotatable bonds is 8. The van der Waals surface area contributed by atoms with Gasteiger partial charge in [0.05, 0.1) is 0 Å². The lowest BCUT2D eigenvalue weighted by Gasteiger charge is -2.28. The molecule has 0 N–H and O–H groups in total. The minimum atomic E-state index is -1.82. The summed E-state index contributed by atoms with van der Waals surface area (Å²) in [4.78, 5) is 56.4. The largest absolute Gasteiger partial charge is 0.462 e. The number of ether oxygens (including phenoxy) is 4. The van der Waals surface area contributed by atoms with Crippen LogP contribution in [0.4, 0.5) is 0 Å². The average Bonchev–Trinajstić information content (AvgIpc) is 2.66. The van der Waals surface area contributed by atoms with Gasteiger partial charge in [-0.1, -0.05) is 0 Å². The molecule has 0 aromatic carbocycles. The third kappa shape index (κ3) is 7.98. The first-order chi connectivity index (χ1) is 12.3. The highest BCUT2D eigenvalue weighted by atomic mass is 16.6. The molecule has 0 aliphatic carbocycles. The van der Waals surface area contributed by atoms with Crippen LogP contribution >= 0.6 is 0 Å². The Bertz CT molecular complexity index is 514. The number of hydrogen-bond acceptors (Lipinski definition) is 9. The molecule has 124 valence electrons. The quantitative estimate of drug-likeness (QED) is 0.332. The number of aldehydes is 1. The van der Waals surface area contributed by atoms with Gasteiger partial charge in [0.1, 0.15) is 6.61 Å². The number of carbonyl (C=O) groups is 5. The fourth-order valence-electron chi connectivity index (χ4n) is 1.37. The molecule has 0 aromatic rings. The van der Waals surface area contributed by atoms with E-state index in [0.29, 0.717) is 0 Å². The van der Waals surface area contributed by atoms with Crippen LogP contribution in [-0.2, 0) is 42.9 Å². The maximum atomic E-state index is 11.4. The van der Waals surface area contributed by atoms with Gasteiger partial charge in [-0.3, -0.25) is 24.0 Å². The lowest BCUT2D eigenvalue weighted by atomic mass is 10.1. The van der Waals surface area contributed by atoms with Crippen LogP contribution in [0.15, 0.2) is 0 Å². The molecule has 0 bridgehead atoms. The fraction of sp³-hybridized carbons (Fsp3) is 0.615. The predicted molar refractivity (Wildman–Crippen MR) is 69.4 cm³/mol. The second kappa shape index (κ2) is 9.48. The Kier molecular flexibility index (Phi) is 5.70. The first kappa shape index (κ1) is 13.2. The SMILES string of the molecule is [2H]CC(=O)OC[C@@H](OC(=O)C[2H])[C@H](OC(=O)C[2H])[C@@H](C=O)OC(=O)C[2H]. The van der Waals surface area contributed by atoms with E-state index in [1.165, 1.54) is 0 Å². The van der Waals surface area contributed by atoms with E-state index in [4.69, 9.17) is 15.0 Å². The van der Waals surface area contributed by atoms with Crippen molar-refractivity contribution in [1.29, 1.82) is 0 Å². The average molecular weight is 322 g/mol. The van der Waals surface area contributed by atoms with E-state index < -0.39 is 76.4 Å². The second-order valence-corrected chi connectivity index (χ2v) is 3.76. The van der Waals surface area contributed by atoms with Crippen LogP contribution in [0.1, 0.15) is 33.1 Å². The second-order valence-electron chi connectivity index (χ2n) is 3.76. The molecule has 9 nitrogen and oxygen atoms in total. The van der Waals surface area contributed by atoms with E-state index >= 15 is 0 Å². The first-order valence-electron chi connectivity index (χ1n) is 8.52. The van der Waals surface area contributed by atoms with Crippen LogP contribution in [0.25, 0.3) is 0 Å². The molecule has 0 saturated heterocycles. The molecular formula is C13H18O9. The summed E-state index contributed by atoms with van der Waals surface area (Å²) in [5, 5.41) is 0. The summed E-state index contributed by atoms with van der Waals surface area (Å²) in [7, 11) is 0. The smallest absolute Gasteiger partial charge is 0.303 e.